The van der Waals surface area contributed by atoms with Crippen molar-refractivity contribution in [3.05, 3.63) is 189 Å². The first-order valence-electron chi connectivity index (χ1n) is 17.7. The van der Waals surface area contributed by atoms with Gasteiger partial charge >= 0.3 is 12.4 Å². The molecule has 0 atom stereocenters. The first-order valence-corrected chi connectivity index (χ1v) is 18.5. The second-order valence-electron chi connectivity index (χ2n) is 13.0. The van der Waals surface area contributed by atoms with Crippen molar-refractivity contribution < 1.29 is 35.9 Å². The van der Waals surface area contributed by atoms with E-state index in [0.29, 0.717) is 12.1 Å². The van der Waals surface area contributed by atoms with Gasteiger partial charge in [-0.15, -0.1) is 0 Å². The number of H-pyrrole nitrogens is 2. The number of nitrogens with one attached hydrogen (secondary N) is 2. The Kier molecular flexibility index (Phi) is 15.8. The van der Waals surface area contributed by atoms with Crippen LogP contribution >= 0.6 is 15.9 Å². The van der Waals surface area contributed by atoms with Gasteiger partial charge in [-0.25, -0.2) is 15.0 Å². The SMILES string of the molecule is Brc1ccc(Cc2c[nH]c3ncccc23)cn1.C.C.NC(=O)c1ccc(C(F)(F)F)cc1.O=C(Cc1ccc(Cc2c[nH]c3ncccc23)cn1)c1ccc(C(F)(F)F)cc1. The molecule has 6 aromatic heterocycles. The van der Waals surface area contributed by atoms with Gasteiger partial charge in [0.15, 0.2) is 5.78 Å². The lowest BCUT2D eigenvalue weighted by atomic mass is 10.0. The second-order valence-corrected chi connectivity index (χ2v) is 13.9. The molecule has 1 amide bonds. The van der Waals surface area contributed by atoms with Crippen LogP contribution in [0.15, 0.2) is 139 Å². The third-order valence-electron chi connectivity index (χ3n) is 8.91. The number of nitrogens with zero attached hydrogens (tertiary/aromatic N) is 4. The van der Waals surface area contributed by atoms with E-state index >= 15 is 0 Å². The Morgan fingerprint density at radius 1 is 0.590 bits per heavy atom. The number of alkyl halides is 6. The Morgan fingerprint density at radius 2 is 1.05 bits per heavy atom. The minimum atomic E-state index is -4.42. The Balaban J connectivity index is 0.000000218. The molecule has 6 heterocycles. The van der Waals surface area contributed by atoms with Gasteiger partial charge in [-0.1, -0.05) is 39.1 Å². The quantitative estimate of drug-likeness (QED) is 0.0787. The van der Waals surface area contributed by atoms with Gasteiger partial charge in [0.25, 0.3) is 0 Å². The Bertz CT molecular complexity index is 2660. The molecule has 4 N–H and O–H groups in total. The molecule has 0 aliphatic rings. The summed E-state index contributed by atoms with van der Waals surface area (Å²) in [5, 5.41) is 2.23. The third kappa shape index (κ3) is 12.7. The molecule has 8 aromatic rings. The first-order chi connectivity index (χ1) is 28.1. The highest BCUT2D eigenvalue weighted by Gasteiger charge is 2.31. The number of aromatic amines is 2. The van der Waals surface area contributed by atoms with E-state index in [2.05, 4.69) is 58.0 Å². The molecular weight excluding hydrogens is 864 g/mol. The van der Waals surface area contributed by atoms with Gasteiger partial charge in [0, 0.05) is 77.6 Å². The van der Waals surface area contributed by atoms with Crippen molar-refractivity contribution >= 4 is 49.7 Å². The maximum atomic E-state index is 12.6. The summed E-state index contributed by atoms with van der Waals surface area (Å²) in [5.74, 6) is -1.02. The van der Waals surface area contributed by atoms with Crippen LogP contribution in [0.3, 0.4) is 0 Å². The lowest BCUT2D eigenvalue weighted by molar-refractivity contribution is -0.138. The molecule has 61 heavy (non-hydrogen) atoms. The molecule has 8 rings (SSSR count). The van der Waals surface area contributed by atoms with Crippen LogP contribution in [0.2, 0.25) is 0 Å². The molecule has 0 unspecified atom stereocenters. The fourth-order valence-corrected chi connectivity index (χ4v) is 6.10. The van der Waals surface area contributed by atoms with Crippen LogP contribution in [0.25, 0.3) is 22.1 Å². The van der Waals surface area contributed by atoms with Crippen molar-refractivity contribution in [3.8, 4) is 0 Å². The molecule has 0 spiro atoms. The Morgan fingerprint density at radius 3 is 1.46 bits per heavy atom. The summed E-state index contributed by atoms with van der Waals surface area (Å²) < 4.78 is 74.8. The summed E-state index contributed by atoms with van der Waals surface area (Å²) >= 11 is 3.34. The predicted molar refractivity (Wildman–Crippen MR) is 227 cm³/mol. The number of hydrogen-bond donors (Lipinski definition) is 3. The normalized spacial score (nSPS) is 11.0. The van der Waals surface area contributed by atoms with Gasteiger partial charge in [-0.3, -0.25) is 14.6 Å². The molecular formula is C45H40BrF6N7O2. The molecule has 0 fully saturated rings. The number of hydrogen-bond acceptors (Lipinski definition) is 6. The van der Waals surface area contributed by atoms with Crippen molar-refractivity contribution in [2.24, 2.45) is 5.73 Å². The van der Waals surface area contributed by atoms with E-state index in [4.69, 9.17) is 5.73 Å². The number of pyridine rings is 4. The zero-order chi connectivity index (χ0) is 42.2. The van der Waals surface area contributed by atoms with Crippen LogP contribution in [0.4, 0.5) is 26.3 Å². The van der Waals surface area contributed by atoms with E-state index in [1.807, 2.05) is 48.9 Å². The van der Waals surface area contributed by atoms with Crippen LogP contribution in [-0.4, -0.2) is 41.6 Å². The summed E-state index contributed by atoms with van der Waals surface area (Å²) in [4.78, 5) is 46.3. The average Bonchev–Trinajstić information content (AvgIpc) is 3.83. The largest absolute Gasteiger partial charge is 0.416 e. The fraction of sp³-hybridized carbons (Fsp3) is 0.156. The summed E-state index contributed by atoms with van der Waals surface area (Å²) in [6.45, 7) is 0. The minimum absolute atomic E-state index is 0. The maximum Gasteiger partial charge on any atom is 0.416 e. The lowest BCUT2D eigenvalue weighted by Crippen LogP contribution is -2.11. The molecule has 0 aliphatic carbocycles. The number of nitrogens with two attached hydrogens (primary N) is 1. The van der Waals surface area contributed by atoms with E-state index in [1.54, 1.807) is 24.7 Å². The summed E-state index contributed by atoms with van der Waals surface area (Å²) in [7, 11) is 0. The Hall–Kier alpha value is -6.68. The van der Waals surface area contributed by atoms with Crippen LogP contribution in [0.5, 0.6) is 0 Å². The third-order valence-corrected chi connectivity index (χ3v) is 9.38. The topological polar surface area (TPSA) is 143 Å². The zero-order valence-corrected chi connectivity index (χ0v) is 32.2. The lowest BCUT2D eigenvalue weighted by Gasteiger charge is -2.07. The molecule has 0 saturated carbocycles. The van der Waals surface area contributed by atoms with Crippen LogP contribution in [-0.2, 0) is 31.6 Å². The fourth-order valence-electron chi connectivity index (χ4n) is 5.87. The van der Waals surface area contributed by atoms with Crippen molar-refractivity contribution in [1.29, 1.82) is 0 Å². The molecule has 16 heteroatoms. The smallest absolute Gasteiger partial charge is 0.366 e. The number of amides is 1. The highest BCUT2D eigenvalue weighted by Crippen LogP contribution is 2.30. The molecule has 0 bridgehead atoms. The van der Waals surface area contributed by atoms with Crippen LogP contribution in [0, 0.1) is 0 Å². The van der Waals surface area contributed by atoms with Gasteiger partial charge < -0.3 is 15.7 Å². The van der Waals surface area contributed by atoms with Gasteiger partial charge in [-0.2, -0.15) is 26.3 Å². The maximum absolute atomic E-state index is 12.6. The number of ketones is 1. The molecule has 2 aromatic carbocycles. The molecule has 0 saturated heterocycles. The van der Waals surface area contributed by atoms with Crippen LogP contribution in [0.1, 0.15) is 74.6 Å². The van der Waals surface area contributed by atoms with Gasteiger partial charge in [0.05, 0.1) is 17.5 Å². The van der Waals surface area contributed by atoms with E-state index < -0.39 is 29.4 Å². The van der Waals surface area contributed by atoms with Gasteiger partial charge in [-0.05, 0) is 111 Å². The minimum Gasteiger partial charge on any atom is -0.366 e. The van der Waals surface area contributed by atoms with E-state index in [9.17, 15) is 35.9 Å². The van der Waals surface area contributed by atoms with Crippen molar-refractivity contribution in [2.45, 2.75) is 46.5 Å². The number of fused-ring (bicyclic) bond motifs is 2. The number of carbonyl (C=O) groups is 2. The van der Waals surface area contributed by atoms with Crippen molar-refractivity contribution in [2.75, 3.05) is 0 Å². The number of carbonyl (C=O) groups excluding carboxylic acids is 2. The predicted octanol–water partition coefficient (Wildman–Crippen LogP) is 11.4. The zero-order valence-electron chi connectivity index (χ0n) is 30.7. The van der Waals surface area contributed by atoms with Crippen molar-refractivity contribution in [1.82, 2.24) is 29.9 Å². The monoisotopic (exact) mass is 903 g/mol. The molecule has 0 aliphatic heterocycles. The van der Waals surface area contributed by atoms with E-state index in [-0.39, 0.29) is 38.2 Å². The number of aromatic nitrogens is 6. The van der Waals surface area contributed by atoms with Crippen LogP contribution < -0.4 is 5.73 Å². The number of rotatable bonds is 8. The number of halogens is 7. The van der Waals surface area contributed by atoms with Gasteiger partial charge in [0.1, 0.15) is 15.9 Å². The summed E-state index contributed by atoms with van der Waals surface area (Å²) in [6.07, 6.45) is 3.83. The van der Waals surface area contributed by atoms with E-state index in [0.717, 1.165) is 75.2 Å². The average molecular weight is 905 g/mol. The molecule has 0 radical (unpaired) electrons. The van der Waals surface area contributed by atoms with E-state index in [1.165, 1.54) is 28.6 Å². The second kappa shape index (κ2) is 20.5. The molecule has 9 nitrogen and oxygen atoms in total. The first kappa shape index (κ1) is 47.0. The summed E-state index contributed by atoms with van der Waals surface area (Å²) in [6, 6.07) is 23.6. The highest BCUT2D eigenvalue weighted by atomic mass is 79.9. The summed E-state index contributed by atoms with van der Waals surface area (Å²) in [5.41, 5.74) is 10.4. The number of primary amides is 1. The Labute approximate surface area is 355 Å². The number of benzene rings is 2. The highest BCUT2D eigenvalue weighted by molar-refractivity contribution is 9.10. The standard InChI is InChI=1S/C22H16F3N3O.C13H10BrN3.C8H6F3NO.2CH4/c23-22(24,25)17-6-4-15(5-7-17)20(29)11-18-8-3-14(12-27-18)10-16-13-28-21-19(16)2-1-9-26-21;14-12-4-3-9(7-16-12)6-10-8-17-13-11(10)2-1-5-15-13;9-8(10,11)6-3-1-5(2-4-6)7(12)13;;/h1-9,12-13H,10-11H2,(H,26,28);1-5,7-8H,6H2,(H,15,17);1-4H,(H2,12,13);2*1H4. The van der Waals surface area contributed by atoms with Gasteiger partial charge in [0.2, 0.25) is 5.91 Å². The van der Waals surface area contributed by atoms with Crippen molar-refractivity contribution in [3.63, 3.8) is 0 Å². The number of Topliss-reactive ketones (excluding diaryl/α,β-unsaturated/α-hetero) is 1. The molecule has 316 valence electrons.